The molecule has 0 unspecified atom stereocenters. The van der Waals surface area contributed by atoms with Crippen LogP contribution >= 0.6 is 27.3 Å². The number of carbonyl (C=O) groups excluding carboxylic acids is 1. The SMILES string of the molecule is COc1cc(-c2nc3sc4c(c3c(=O)[nH]2)CCCC4)cc(Br)c1OC(=O)c1ccc(C)cc1. The maximum atomic E-state index is 12.9. The van der Waals surface area contributed by atoms with Crippen molar-refractivity contribution in [3.8, 4) is 22.9 Å². The van der Waals surface area contributed by atoms with Gasteiger partial charge in [0.15, 0.2) is 11.5 Å². The maximum Gasteiger partial charge on any atom is 0.343 e. The average Bonchev–Trinajstić information content (AvgIpc) is 3.19. The molecule has 168 valence electrons. The minimum atomic E-state index is -0.487. The molecule has 0 amide bonds. The first kappa shape index (κ1) is 21.9. The molecular weight excluding hydrogens is 504 g/mol. The van der Waals surface area contributed by atoms with Crippen LogP contribution in [-0.2, 0) is 12.8 Å². The number of thiophene rings is 1. The van der Waals surface area contributed by atoms with Crippen LogP contribution in [0.5, 0.6) is 11.5 Å². The van der Waals surface area contributed by atoms with Crippen molar-refractivity contribution in [3.05, 3.63) is 72.8 Å². The van der Waals surface area contributed by atoms with Crippen molar-refractivity contribution >= 4 is 43.5 Å². The van der Waals surface area contributed by atoms with Crippen molar-refractivity contribution in [2.45, 2.75) is 32.6 Å². The van der Waals surface area contributed by atoms with Crippen LogP contribution in [0, 0.1) is 6.92 Å². The predicted octanol–water partition coefficient (Wildman–Crippen LogP) is 5.83. The highest BCUT2D eigenvalue weighted by Crippen LogP contribution is 2.40. The van der Waals surface area contributed by atoms with Gasteiger partial charge in [-0.2, -0.15) is 0 Å². The second-order valence-corrected chi connectivity index (χ2v) is 9.99. The number of rotatable bonds is 4. The monoisotopic (exact) mass is 524 g/mol. The van der Waals surface area contributed by atoms with Crippen molar-refractivity contribution in [2.24, 2.45) is 0 Å². The van der Waals surface area contributed by atoms with Crippen LogP contribution in [-0.4, -0.2) is 23.0 Å². The molecule has 0 aliphatic heterocycles. The lowest BCUT2D eigenvalue weighted by molar-refractivity contribution is 0.0728. The molecule has 0 fully saturated rings. The van der Waals surface area contributed by atoms with E-state index >= 15 is 0 Å². The summed E-state index contributed by atoms with van der Waals surface area (Å²) in [4.78, 5) is 35.3. The van der Waals surface area contributed by atoms with Gasteiger partial charge in [-0.15, -0.1) is 11.3 Å². The quantitative estimate of drug-likeness (QED) is 0.268. The fourth-order valence-electron chi connectivity index (χ4n) is 4.10. The third-order valence-corrected chi connectivity index (χ3v) is 7.58. The third kappa shape index (κ3) is 4.09. The summed E-state index contributed by atoms with van der Waals surface area (Å²) in [7, 11) is 1.50. The lowest BCUT2D eigenvalue weighted by Crippen LogP contribution is -2.12. The molecule has 0 saturated carbocycles. The van der Waals surface area contributed by atoms with Crippen molar-refractivity contribution in [2.75, 3.05) is 7.11 Å². The molecule has 0 atom stereocenters. The minimum absolute atomic E-state index is 0.126. The number of nitrogens with zero attached hydrogens (tertiary/aromatic N) is 1. The number of H-pyrrole nitrogens is 1. The fourth-order valence-corrected chi connectivity index (χ4v) is 5.88. The van der Waals surface area contributed by atoms with Crippen LogP contribution in [0.1, 0.15) is 39.2 Å². The summed E-state index contributed by atoms with van der Waals surface area (Å²) in [5, 5.41) is 0.716. The largest absolute Gasteiger partial charge is 0.493 e. The molecule has 0 spiro atoms. The molecule has 2 aromatic heterocycles. The Morgan fingerprint density at radius 2 is 1.91 bits per heavy atom. The summed E-state index contributed by atoms with van der Waals surface area (Å²) in [5.41, 5.74) is 3.17. The number of hydrogen-bond acceptors (Lipinski definition) is 6. The summed E-state index contributed by atoms with van der Waals surface area (Å²) >= 11 is 5.09. The smallest absolute Gasteiger partial charge is 0.343 e. The van der Waals surface area contributed by atoms with Gasteiger partial charge in [-0.05, 0) is 78.4 Å². The Labute approximate surface area is 202 Å². The molecule has 2 heterocycles. The number of esters is 1. The van der Waals surface area contributed by atoms with Crippen LogP contribution in [0.2, 0.25) is 0 Å². The molecule has 33 heavy (non-hydrogen) atoms. The molecule has 6 nitrogen and oxygen atoms in total. The summed E-state index contributed by atoms with van der Waals surface area (Å²) in [6.45, 7) is 1.95. The number of aromatic amines is 1. The number of aromatic nitrogens is 2. The second-order valence-electron chi connectivity index (χ2n) is 8.05. The average molecular weight is 525 g/mol. The highest BCUT2D eigenvalue weighted by atomic mass is 79.9. The van der Waals surface area contributed by atoms with Crippen LogP contribution in [0.4, 0.5) is 0 Å². The van der Waals surface area contributed by atoms with Crippen LogP contribution in [0.25, 0.3) is 21.6 Å². The van der Waals surface area contributed by atoms with E-state index in [1.54, 1.807) is 35.6 Å². The number of ether oxygens (including phenoxy) is 2. The first-order chi connectivity index (χ1) is 15.9. The first-order valence-corrected chi connectivity index (χ1v) is 12.3. The minimum Gasteiger partial charge on any atom is -0.493 e. The molecule has 5 rings (SSSR count). The lowest BCUT2D eigenvalue weighted by Gasteiger charge is -2.13. The second kappa shape index (κ2) is 8.76. The van der Waals surface area contributed by atoms with Gasteiger partial charge >= 0.3 is 5.97 Å². The number of hydrogen-bond donors (Lipinski definition) is 1. The van der Waals surface area contributed by atoms with E-state index in [0.29, 0.717) is 32.6 Å². The van der Waals surface area contributed by atoms with Gasteiger partial charge in [-0.3, -0.25) is 4.79 Å². The summed E-state index contributed by atoms with van der Waals surface area (Å²) in [6, 6.07) is 10.6. The van der Waals surface area contributed by atoms with Crippen molar-refractivity contribution in [3.63, 3.8) is 0 Å². The Morgan fingerprint density at radius 1 is 1.15 bits per heavy atom. The number of nitrogens with one attached hydrogen (secondary N) is 1. The van der Waals surface area contributed by atoms with E-state index in [0.717, 1.165) is 41.6 Å². The molecule has 1 aliphatic rings. The summed E-state index contributed by atoms with van der Waals surface area (Å²) in [6.07, 6.45) is 4.19. The number of aryl methyl sites for hydroxylation is 3. The van der Waals surface area contributed by atoms with Crippen LogP contribution < -0.4 is 15.0 Å². The molecule has 8 heteroatoms. The van der Waals surface area contributed by atoms with E-state index in [4.69, 9.17) is 14.5 Å². The van der Waals surface area contributed by atoms with Gasteiger partial charge in [0.25, 0.3) is 5.56 Å². The van der Waals surface area contributed by atoms with Gasteiger partial charge in [0.1, 0.15) is 10.7 Å². The highest BCUT2D eigenvalue weighted by molar-refractivity contribution is 9.10. The van der Waals surface area contributed by atoms with Crippen LogP contribution in [0.3, 0.4) is 0 Å². The predicted molar refractivity (Wildman–Crippen MR) is 133 cm³/mol. The van der Waals surface area contributed by atoms with Gasteiger partial charge in [-0.1, -0.05) is 17.7 Å². The lowest BCUT2D eigenvalue weighted by atomic mass is 9.97. The topological polar surface area (TPSA) is 81.3 Å². The van der Waals surface area contributed by atoms with E-state index < -0.39 is 5.97 Å². The Bertz CT molecular complexity index is 1440. The van der Waals surface area contributed by atoms with E-state index in [1.807, 2.05) is 19.1 Å². The number of halogens is 1. The molecule has 0 radical (unpaired) electrons. The normalized spacial score (nSPS) is 13.1. The highest BCUT2D eigenvalue weighted by Gasteiger charge is 2.22. The Morgan fingerprint density at radius 3 is 2.67 bits per heavy atom. The molecule has 4 aromatic rings. The molecule has 1 N–H and O–H groups in total. The van der Waals surface area contributed by atoms with E-state index in [9.17, 15) is 9.59 Å². The van der Waals surface area contributed by atoms with E-state index in [-0.39, 0.29) is 11.3 Å². The first-order valence-electron chi connectivity index (χ1n) is 10.7. The number of fused-ring (bicyclic) bond motifs is 3. The number of carbonyl (C=O) groups is 1. The Balaban J connectivity index is 1.53. The van der Waals surface area contributed by atoms with Crippen LogP contribution in [0.15, 0.2) is 45.7 Å². The van der Waals surface area contributed by atoms with Crippen molar-refractivity contribution < 1.29 is 14.3 Å². The maximum absolute atomic E-state index is 12.9. The van der Waals surface area contributed by atoms with E-state index in [2.05, 4.69) is 20.9 Å². The molecule has 0 saturated heterocycles. The molecule has 1 aliphatic carbocycles. The Hall–Kier alpha value is -2.97. The van der Waals surface area contributed by atoms with Gasteiger partial charge < -0.3 is 14.5 Å². The van der Waals surface area contributed by atoms with Crippen molar-refractivity contribution in [1.29, 1.82) is 0 Å². The van der Waals surface area contributed by atoms with Gasteiger partial charge in [0.05, 0.1) is 22.5 Å². The molecule has 0 bridgehead atoms. The zero-order chi connectivity index (χ0) is 23.1. The third-order valence-electron chi connectivity index (χ3n) is 5.81. The van der Waals surface area contributed by atoms with Gasteiger partial charge in [0, 0.05) is 10.4 Å². The Kier molecular flexibility index (Phi) is 5.80. The number of methoxy groups -OCH3 is 1. The summed E-state index contributed by atoms with van der Waals surface area (Å²) in [5.74, 6) is 0.579. The zero-order valence-corrected chi connectivity index (χ0v) is 20.6. The molecular formula is C25H21BrN2O4S. The van der Waals surface area contributed by atoms with Crippen molar-refractivity contribution in [1.82, 2.24) is 9.97 Å². The number of benzene rings is 2. The summed E-state index contributed by atoms with van der Waals surface area (Å²) < 4.78 is 11.7. The molecule has 2 aromatic carbocycles. The van der Waals surface area contributed by atoms with Gasteiger partial charge in [-0.25, -0.2) is 9.78 Å². The standard InChI is InChI=1S/C25H21BrN2O4S/c1-13-7-9-14(10-8-13)25(30)32-21-17(26)11-15(12-18(21)31-2)22-27-23(29)20-16-5-3-4-6-19(16)33-24(20)28-22/h7-12H,3-6H2,1-2H3,(H,27,28,29). The fraction of sp³-hybridized carbons (Fsp3) is 0.240. The van der Waals surface area contributed by atoms with E-state index in [1.165, 1.54) is 12.0 Å². The van der Waals surface area contributed by atoms with Gasteiger partial charge in [0.2, 0.25) is 0 Å². The zero-order valence-electron chi connectivity index (χ0n) is 18.2.